The van der Waals surface area contributed by atoms with E-state index in [1.54, 1.807) is 0 Å². The molecule has 0 spiro atoms. The van der Waals surface area contributed by atoms with Gasteiger partial charge in [0.25, 0.3) is 0 Å². The Morgan fingerprint density at radius 3 is 2.50 bits per heavy atom. The number of methoxy groups -OCH3 is 1. The van der Waals surface area contributed by atoms with Gasteiger partial charge in [0, 0.05) is 19.5 Å². The van der Waals surface area contributed by atoms with E-state index in [0.717, 1.165) is 10.6 Å². The van der Waals surface area contributed by atoms with Crippen molar-refractivity contribution in [3.8, 4) is 0 Å². The number of urea groups is 1. The number of amidine groups is 1. The molecule has 2 N–H and O–H groups in total. The van der Waals surface area contributed by atoms with E-state index in [0.29, 0.717) is 5.84 Å². The predicted molar refractivity (Wildman–Crippen MR) is 81.3 cm³/mol. The highest BCUT2D eigenvalue weighted by Crippen LogP contribution is 2.14. The van der Waals surface area contributed by atoms with Gasteiger partial charge in [0.2, 0.25) is 18.0 Å². The van der Waals surface area contributed by atoms with Crippen LogP contribution in [0.5, 0.6) is 0 Å². The van der Waals surface area contributed by atoms with Gasteiger partial charge in [-0.15, -0.1) is 5.10 Å². The molecule has 2 rings (SSSR count). The summed E-state index contributed by atoms with van der Waals surface area (Å²) in [5.74, 6) is 0.162. The zero-order valence-corrected chi connectivity index (χ0v) is 12.5. The molecule has 1 heterocycles. The summed E-state index contributed by atoms with van der Waals surface area (Å²) in [6, 6.07) is 8.71. The lowest BCUT2D eigenvalue weighted by molar-refractivity contribution is -0.130. The number of hydrogen-bond donors (Lipinski definition) is 2. The Bertz CT molecular complexity index is 627. The molecule has 1 aliphatic heterocycles. The quantitative estimate of drug-likeness (QED) is 0.833. The van der Waals surface area contributed by atoms with E-state index >= 15 is 0 Å². The number of amides is 3. The van der Waals surface area contributed by atoms with Crippen LogP contribution in [0, 0.1) is 0 Å². The minimum absolute atomic E-state index is 0.174. The highest BCUT2D eigenvalue weighted by Gasteiger charge is 2.33. The lowest BCUT2D eigenvalue weighted by Gasteiger charge is -2.30. The van der Waals surface area contributed by atoms with E-state index in [4.69, 9.17) is 4.74 Å². The Labute approximate surface area is 127 Å². The largest absolute Gasteiger partial charge is 0.481 e. The molecule has 1 unspecified atom stereocenters. The fourth-order valence-corrected chi connectivity index (χ4v) is 1.89. The molecule has 0 fully saturated rings. The van der Waals surface area contributed by atoms with E-state index in [-0.39, 0.29) is 11.8 Å². The average Bonchev–Trinajstić information content (AvgIpc) is 2.55. The van der Waals surface area contributed by atoms with E-state index < -0.39 is 12.2 Å². The van der Waals surface area contributed by atoms with Crippen molar-refractivity contribution < 1.29 is 14.3 Å². The van der Waals surface area contributed by atoms with Crippen molar-refractivity contribution in [2.45, 2.75) is 13.1 Å². The molecular weight excluding hydrogens is 286 g/mol. The van der Waals surface area contributed by atoms with Gasteiger partial charge in [-0.3, -0.25) is 4.79 Å². The molecule has 1 aromatic rings. The van der Waals surface area contributed by atoms with Crippen molar-refractivity contribution >= 4 is 23.7 Å². The lowest BCUT2D eigenvalue weighted by Crippen LogP contribution is -2.56. The topological polar surface area (TPSA) is 95.4 Å². The van der Waals surface area contributed by atoms with Crippen molar-refractivity contribution in [3.05, 3.63) is 35.9 Å². The smallest absolute Gasteiger partial charge is 0.316 e. The number of nitrogens with one attached hydrogen (secondary N) is 2. The molecule has 1 aliphatic rings. The molecule has 3 amide bonds. The van der Waals surface area contributed by atoms with Crippen molar-refractivity contribution in [2.75, 3.05) is 14.2 Å². The number of hydrazone groups is 1. The summed E-state index contributed by atoms with van der Waals surface area (Å²) >= 11 is 0. The number of nitrogens with zero attached hydrogens (tertiary/aromatic N) is 3. The maximum absolute atomic E-state index is 11.9. The maximum Gasteiger partial charge on any atom is 0.316 e. The number of ether oxygens (including phenoxy) is 1. The van der Waals surface area contributed by atoms with Crippen LogP contribution >= 0.6 is 0 Å². The highest BCUT2D eigenvalue weighted by atomic mass is 16.5. The SMILES string of the molecule is CNC(=O)NC1C(OC)=NC(c2ccccc2)=NN1C(C)=O. The summed E-state index contributed by atoms with van der Waals surface area (Å²) in [7, 11) is 2.89. The molecule has 22 heavy (non-hydrogen) atoms. The second-order valence-electron chi connectivity index (χ2n) is 4.43. The molecule has 8 heteroatoms. The van der Waals surface area contributed by atoms with Crippen LogP contribution in [0.25, 0.3) is 0 Å². The third-order valence-corrected chi connectivity index (χ3v) is 2.96. The van der Waals surface area contributed by atoms with E-state index in [9.17, 15) is 9.59 Å². The number of carbonyl (C=O) groups excluding carboxylic acids is 2. The van der Waals surface area contributed by atoms with Crippen molar-refractivity contribution in [2.24, 2.45) is 10.1 Å². The second kappa shape index (κ2) is 6.70. The molecule has 116 valence electrons. The third kappa shape index (κ3) is 3.22. The molecular formula is C14H17N5O3. The maximum atomic E-state index is 11.9. The van der Waals surface area contributed by atoms with Gasteiger partial charge in [-0.25, -0.2) is 4.79 Å². The Kier molecular flexibility index (Phi) is 4.72. The summed E-state index contributed by atoms with van der Waals surface area (Å²) in [6.07, 6.45) is -0.894. The van der Waals surface area contributed by atoms with Gasteiger partial charge in [-0.1, -0.05) is 30.3 Å². The van der Waals surface area contributed by atoms with Crippen molar-refractivity contribution in [1.82, 2.24) is 15.6 Å². The van der Waals surface area contributed by atoms with Gasteiger partial charge in [-0.2, -0.15) is 10.0 Å². The van der Waals surface area contributed by atoms with E-state index in [1.165, 1.54) is 21.1 Å². The fraction of sp³-hybridized carbons (Fsp3) is 0.286. The Morgan fingerprint density at radius 2 is 1.95 bits per heavy atom. The summed E-state index contributed by atoms with van der Waals surface area (Å²) in [6.45, 7) is 1.35. The van der Waals surface area contributed by atoms with E-state index in [2.05, 4.69) is 20.7 Å². The number of aliphatic imine (C=N–C) groups is 1. The van der Waals surface area contributed by atoms with Gasteiger partial charge < -0.3 is 15.4 Å². The average molecular weight is 303 g/mol. The third-order valence-electron chi connectivity index (χ3n) is 2.96. The summed E-state index contributed by atoms with van der Waals surface area (Å²) in [4.78, 5) is 27.7. The second-order valence-corrected chi connectivity index (χ2v) is 4.43. The number of hydrogen-bond acceptors (Lipinski definition) is 5. The van der Waals surface area contributed by atoms with Crippen LogP contribution in [0.2, 0.25) is 0 Å². The molecule has 0 saturated carbocycles. The first-order chi connectivity index (χ1) is 10.6. The van der Waals surface area contributed by atoms with Crippen LogP contribution in [-0.2, 0) is 9.53 Å². The van der Waals surface area contributed by atoms with Crippen molar-refractivity contribution in [1.29, 1.82) is 0 Å². The normalized spacial score (nSPS) is 17.2. The fourth-order valence-electron chi connectivity index (χ4n) is 1.89. The first kappa shape index (κ1) is 15.5. The zero-order valence-electron chi connectivity index (χ0n) is 12.5. The number of carbonyl (C=O) groups is 2. The van der Waals surface area contributed by atoms with Crippen LogP contribution in [0.3, 0.4) is 0 Å². The predicted octanol–water partition coefficient (Wildman–Crippen LogP) is 0.510. The minimum atomic E-state index is -0.894. The summed E-state index contributed by atoms with van der Waals surface area (Å²) < 4.78 is 5.21. The van der Waals surface area contributed by atoms with E-state index in [1.807, 2.05) is 30.3 Å². The Hall–Kier alpha value is -2.90. The molecule has 0 radical (unpaired) electrons. The van der Waals surface area contributed by atoms with Crippen LogP contribution in [0.15, 0.2) is 40.4 Å². The Balaban J connectivity index is 2.40. The van der Waals surface area contributed by atoms with Gasteiger partial charge in [-0.05, 0) is 0 Å². The Morgan fingerprint density at radius 1 is 1.27 bits per heavy atom. The van der Waals surface area contributed by atoms with Crippen LogP contribution in [0.1, 0.15) is 12.5 Å². The summed E-state index contributed by atoms with van der Waals surface area (Å²) in [5.41, 5.74) is 0.738. The van der Waals surface area contributed by atoms with Crippen LogP contribution in [0.4, 0.5) is 4.79 Å². The molecule has 1 aromatic carbocycles. The van der Waals surface area contributed by atoms with Crippen molar-refractivity contribution in [3.63, 3.8) is 0 Å². The van der Waals surface area contributed by atoms with Gasteiger partial charge >= 0.3 is 6.03 Å². The number of benzene rings is 1. The van der Waals surface area contributed by atoms with Crippen LogP contribution in [-0.4, -0.2) is 49.0 Å². The first-order valence-electron chi connectivity index (χ1n) is 6.61. The summed E-state index contributed by atoms with van der Waals surface area (Å²) in [5, 5.41) is 10.3. The molecule has 8 nitrogen and oxygen atoms in total. The van der Waals surface area contributed by atoms with Crippen LogP contribution < -0.4 is 10.6 Å². The van der Waals surface area contributed by atoms with Gasteiger partial charge in [0.1, 0.15) is 0 Å². The zero-order chi connectivity index (χ0) is 16.1. The molecule has 1 atom stereocenters. The molecule has 0 bridgehead atoms. The molecule has 0 saturated heterocycles. The lowest BCUT2D eigenvalue weighted by atomic mass is 10.2. The molecule has 0 aromatic heterocycles. The standard InChI is InChI=1S/C14H17N5O3/c1-9(20)19-12(17-14(21)15-2)13(22-3)16-11(18-19)10-7-5-4-6-8-10/h4-8,12H,1-3H3,(H2,15,17,21). The van der Waals surface area contributed by atoms with Gasteiger partial charge in [0.15, 0.2) is 5.84 Å². The van der Waals surface area contributed by atoms with Gasteiger partial charge in [0.05, 0.1) is 7.11 Å². The minimum Gasteiger partial charge on any atom is -0.481 e. The highest BCUT2D eigenvalue weighted by molar-refractivity contribution is 6.09. The monoisotopic (exact) mass is 303 g/mol. The number of rotatable bonds is 2. The first-order valence-corrected chi connectivity index (χ1v) is 6.61. The molecule has 0 aliphatic carbocycles.